The molecule has 9 heteroatoms. The van der Waals surface area contributed by atoms with Gasteiger partial charge in [0.1, 0.15) is 17.5 Å². The third-order valence-corrected chi connectivity index (χ3v) is 5.29. The van der Waals surface area contributed by atoms with Gasteiger partial charge in [0.05, 0.1) is 12.2 Å². The Labute approximate surface area is 207 Å². The molecule has 0 aliphatic carbocycles. The number of nitrogens with one attached hydrogen (secondary N) is 1. The molecule has 1 aromatic carbocycles. The molecule has 35 heavy (non-hydrogen) atoms. The number of amides is 2. The van der Waals surface area contributed by atoms with Crippen molar-refractivity contribution in [3.05, 3.63) is 41.7 Å². The maximum absolute atomic E-state index is 13.2. The molecule has 2 N–H and O–H groups in total. The third-order valence-electron chi connectivity index (χ3n) is 5.29. The lowest BCUT2D eigenvalue weighted by Crippen LogP contribution is -2.49. The highest BCUT2D eigenvalue weighted by Crippen LogP contribution is 2.28. The number of aromatic nitrogens is 2. The molecular weight excluding hydrogens is 448 g/mol. The Hall–Kier alpha value is -3.36. The van der Waals surface area contributed by atoms with E-state index < -0.39 is 35.0 Å². The first kappa shape index (κ1) is 27.9. The quantitative estimate of drug-likeness (QED) is 0.655. The summed E-state index contributed by atoms with van der Waals surface area (Å²) in [6.45, 7) is 15.6. The fraction of sp³-hybridized carbons (Fsp3) is 0.538. The molecule has 2 aromatic rings. The number of rotatable bonds is 4. The van der Waals surface area contributed by atoms with Crippen LogP contribution in [0.15, 0.2) is 30.3 Å². The van der Waals surface area contributed by atoms with E-state index in [1.165, 1.54) is 4.90 Å². The van der Waals surface area contributed by atoms with Crippen molar-refractivity contribution in [3.63, 3.8) is 0 Å². The number of benzene rings is 1. The molecule has 0 bridgehead atoms. The van der Waals surface area contributed by atoms with E-state index in [2.05, 4.69) is 10.3 Å². The van der Waals surface area contributed by atoms with Gasteiger partial charge in [0, 0.05) is 18.7 Å². The predicted molar refractivity (Wildman–Crippen MR) is 134 cm³/mol. The van der Waals surface area contributed by atoms with Gasteiger partial charge in [0.25, 0.3) is 5.91 Å². The second kappa shape index (κ2) is 10.9. The predicted octanol–water partition coefficient (Wildman–Crippen LogP) is 4.56. The van der Waals surface area contributed by atoms with Crippen LogP contribution in [0.2, 0.25) is 0 Å². The molecule has 9 nitrogen and oxygen atoms in total. The Balaban J connectivity index is 0.00000210. The van der Waals surface area contributed by atoms with Gasteiger partial charge in [-0.05, 0) is 26.2 Å². The van der Waals surface area contributed by atoms with Crippen LogP contribution in [0.1, 0.15) is 71.6 Å². The molecule has 1 aliphatic heterocycles. The average molecular weight is 487 g/mol. The number of carbonyl (C=O) groups excluding carboxylic acids is 2. The largest absolute Gasteiger partial charge is 0.480 e. The summed E-state index contributed by atoms with van der Waals surface area (Å²) in [4.78, 5) is 43.8. The van der Waals surface area contributed by atoms with Crippen LogP contribution in [0.3, 0.4) is 0 Å². The van der Waals surface area contributed by atoms with Gasteiger partial charge in [-0.2, -0.15) is 0 Å². The van der Waals surface area contributed by atoms with Crippen molar-refractivity contribution < 1.29 is 24.2 Å². The summed E-state index contributed by atoms with van der Waals surface area (Å²) in [5.41, 5.74) is 0.130. The number of hydrogen-bond donors (Lipinski definition) is 2. The summed E-state index contributed by atoms with van der Waals surface area (Å²) >= 11 is 0. The highest BCUT2D eigenvalue weighted by atomic mass is 16.6. The van der Waals surface area contributed by atoms with Gasteiger partial charge in [-0.15, -0.1) is 0 Å². The van der Waals surface area contributed by atoms with Gasteiger partial charge in [-0.1, -0.05) is 65.0 Å². The molecule has 1 atom stereocenters. The fourth-order valence-corrected chi connectivity index (χ4v) is 3.69. The van der Waals surface area contributed by atoms with Crippen LogP contribution in [0.4, 0.5) is 4.79 Å². The van der Waals surface area contributed by atoms with Gasteiger partial charge < -0.3 is 24.6 Å². The fourth-order valence-electron chi connectivity index (χ4n) is 3.69. The molecule has 2 amide bonds. The molecule has 0 fully saturated rings. The molecule has 0 saturated carbocycles. The first-order valence-corrected chi connectivity index (χ1v) is 11.9. The van der Waals surface area contributed by atoms with E-state index >= 15 is 0 Å². The van der Waals surface area contributed by atoms with Crippen molar-refractivity contribution in [1.82, 2.24) is 19.8 Å². The zero-order valence-electron chi connectivity index (χ0n) is 22.0. The van der Waals surface area contributed by atoms with Crippen molar-refractivity contribution in [2.45, 2.75) is 80.1 Å². The maximum Gasteiger partial charge on any atom is 0.410 e. The lowest BCUT2D eigenvalue weighted by molar-refractivity contribution is -0.142. The van der Waals surface area contributed by atoms with Crippen molar-refractivity contribution in [2.75, 3.05) is 6.54 Å². The van der Waals surface area contributed by atoms with Crippen LogP contribution in [0.25, 0.3) is 11.4 Å². The highest BCUT2D eigenvalue weighted by molar-refractivity contribution is 5.97. The minimum atomic E-state index is -1.12. The number of aliphatic carboxylic acids is 1. The van der Waals surface area contributed by atoms with Gasteiger partial charge in [0.15, 0.2) is 5.69 Å². The van der Waals surface area contributed by atoms with E-state index in [4.69, 9.17) is 4.74 Å². The minimum Gasteiger partial charge on any atom is -0.480 e. The van der Waals surface area contributed by atoms with Crippen LogP contribution in [-0.2, 0) is 22.6 Å². The summed E-state index contributed by atoms with van der Waals surface area (Å²) < 4.78 is 7.42. The first-order valence-electron chi connectivity index (χ1n) is 11.9. The van der Waals surface area contributed by atoms with E-state index in [1.54, 1.807) is 41.5 Å². The van der Waals surface area contributed by atoms with Crippen molar-refractivity contribution in [3.8, 4) is 11.4 Å². The van der Waals surface area contributed by atoms with Crippen LogP contribution in [0.5, 0.6) is 0 Å². The first-order chi connectivity index (χ1) is 16.3. The normalized spacial score (nSPS) is 14.2. The SMILES string of the molecule is CC.CC(C)(C)OC(=O)N1CCn2c(-c3ccccc3)nc(C(=O)NC(C(=O)O)C(C)(C)C)c2C1. The topological polar surface area (TPSA) is 114 Å². The zero-order chi connectivity index (χ0) is 26.6. The Morgan fingerprint density at radius 1 is 1.03 bits per heavy atom. The molecular formula is C26H38N4O5. The highest BCUT2D eigenvalue weighted by Gasteiger charge is 2.36. The minimum absolute atomic E-state index is 0.109. The van der Waals surface area contributed by atoms with E-state index in [9.17, 15) is 19.5 Å². The summed E-state index contributed by atoms with van der Waals surface area (Å²) in [6.07, 6.45) is -0.472. The second-order valence-electron chi connectivity index (χ2n) is 10.3. The molecule has 2 heterocycles. The molecule has 0 radical (unpaired) electrons. The standard InChI is InChI=1S/C24H32N4O5.C2H6/c1-23(2,3)18(21(30)31)26-20(29)17-16-14-27(22(32)33-24(4,5)6)12-13-28(16)19(25-17)15-10-8-7-9-11-15;1-2/h7-11,18H,12-14H2,1-6H3,(H,26,29)(H,30,31);1-2H3. The number of fused-ring (bicyclic) bond motifs is 1. The average Bonchev–Trinajstić information content (AvgIpc) is 3.16. The van der Waals surface area contributed by atoms with Gasteiger partial charge in [0.2, 0.25) is 0 Å². The van der Waals surface area contributed by atoms with Crippen molar-refractivity contribution >= 4 is 18.0 Å². The maximum atomic E-state index is 13.2. The molecule has 3 rings (SSSR count). The molecule has 0 spiro atoms. The van der Waals surface area contributed by atoms with Crippen molar-refractivity contribution in [2.24, 2.45) is 5.41 Å². The van der Waals surface area contributed by atoms with Crippen LogP contribution >= 0.6 is 0 Å². The summed E-state index contributed by atoms with van der Waals surface area (Å²) in [5, 5.41) is 12.3. The van der Waals surface area contributed by atoms with E-state index in [-0.39, 0.29) is 12.2 Å². The molecule has 1 aromatic heterocycles. The third kappa shape index (κ3) is 6.83. The number of carboxylic acids is 1. The smallest absolute Gasteiger partial charge is 0.410 e. The Bertz CT molecular complexity index is 1050. The number of carbonyl (C=O) groups is 3. The van der Waals surface area contributed by atoms with Crippen LogP contribution < -0.4 is 5.32 Å². The summed E-state index contributed by atoms with van der Waals surface area (Å²) in [5.74, 6) is -1.11. The van der Waals surface area contributed by atoms with E-state index in [1.807, 2.05) is 48.7 Å². The second-order valence-corrected chi connectivity index (χ2v) is 10.3. The lowest BCUT2D eigenvalue weighted by Gasteiger charge is -2.32. The zero-order valence-corrected chi connectivity index (χ0v) is 22.0. The summed E-state index contributed by atoms with van der Waals surface area (Å²) in [7, 11) is 0. The molecule has 0 saturated heterocycles. The number of hydrogen-bond acceptors (Lipinski definition) is 5. The van der Waals surface area contributed by atoms with Gasteiger partial charge >= 0.3 is 12.1 Å². The molecule has 1 aliphatic rings. The summed E-state index contributed by atoms with van der Waals surface area (Å²) in [6, 6.07) is 8.34. The van der Waals surface area contributed by atoms with Gasteiger partial charge in [-0.3, -0.25) is 4.79 Å². The van der Waals surface area contributed by atoms with E-state index in [0.29, 0.717) is 24.6 Å². The Kier molecular flexibility index (Phi) is 8.70. The number of carboxylic acid groups (broad SMARTS) is 1. The monoisotopic (exact) mass is 486 g/mol. The lowest BCUT2D eigenvalue weighted by atomic mass is 9.86. The van der Waals surface area contributed by atoms with E-state index in [0.717, 1.165) is 5.56 Å². The number of nitrogens with zero attached hydrogens (tertiary/aromatic N) is 3. The molecule has 192 valence electrons. The Morgan fingerprint density at radius 3 is 2.14 bits per heavy atom. The van der Waals surface area contributed by atoms with Crippen LogP contribution in [0, 0.1) is 5.41 Å². The number of ether oxygens (including phenoxy) is 1. The Morgan fingerprint density at radius 2 is 1.63 bits per heavy atom. The van der Waals surface area contributed by atoms with Crippen molar-refractivity contribution in [1.29, 1.82) is 0 Å². The number of imidazole rings is 1. The molecule has 1 unspecified atom stereocenters. The van der Waals surface area contributed by atoms with Gasteiger partial charge in [-0.25, -0.2) is 14.6 Å². The van der Waals surface area contributed by atoms with Crippen LogP contribution in [-0.4, -0.2) is 55.7 Å².